The lowest BCUT2D eigenvalue weighted by Gasteiger charge is -2.51. The summed E-state index contributed by atoms with van der Waals surface area (Å²) in [6, 6.07) is 5.15. The van der Waals surface area contributed by atoms with E-state index in [1.807, 2.05) is 6.07 Å². The molecule has 1 aliphatic carbocycles. The first-order valence-electron chi connectivity index (χ1n) is 5.13. The first-order valence-corrected chi connectivity index (χ1v) is 5.92. The molecule has 0 spiro atoms. The molecule has 0 heterocycles. The maximum absolute atomic E-state index is 12.9. The minimum absolute atomic E-state index is 0.111. The lowest BCUT2D eigenvalue weighted by Crippen LogP contribution is -2.52. The number of hydrogen-bond acceptors (Lipinski definition) is 1. The first-order chi connectivity index (χ1) is 6.93. The molecule has 1 saturated carbocycles. The van der Waals surface area contributed by atoms with Gasteiger partial charge in [-0.15, -0.1) is 0 Å². The van der Waals surface area contributed by atoms with Crippen molar-refractivity contribution < 1.29 is 4.39 Å². The van der Waals surface area contributed by atoms with Crippen molar-refractivity contribution in [3.05, 3.63) is 34.1 Å². The summed E-state index contributed by atoms with van der Waals surface area (Å²) in [4.78, 5) is 0. The Kier molecular flexibility index (Phi) is 2.63. The van der Waals surface area contributed by atoms with Crippen molar-refractivity contribution in [1.82, 2.24) is 0 Å². The molecule has 0 aromatic heterocycles. The van der Waals surface area contributed by atoms with Gasteiger partial charge in [0.15, 0.2) is 0 Å². The fourth-order valence-corrected chi connectivity index (χ4v) is 2.90. The Morgan fingerprint density at radius 3 is 2.60 bits per heavy atom. The van der Waals surface area contributed by atoms with Crippen molar-refractivity contribution in [3.63, 3.8) is 0 Å². The second kappa shape index (κ2) is 3.56. The number of rotatable bonds is 1. The lowest BCUT2D eigenvalue weighted by atomic mass is 9.57. The zero-order chi connectivity index (χ0) is 11.2. The third kappa shape index (κ3) is 1.72. The van der Waals surface area contributed by atoms with Gasteiger partial charge in [-0.25, -0.2) is 4.39 Å². The second-order valence-corrected chi connectivity index (χ2v) is 5.74. The number of hydrogen-bond donors (Lipinski definition) is 1. The zero-order valence-electron chi connectivity index (χ0n) is 8.93. The second-order valence-electron chi connectivity index (χ2n) is 4.88. The molecule has 2 N–H and O–H groups in total. The highest BCUT2D eigenvalue weighted by molar-refractivity contribution is 9.10. The van der Waals surface area contributed by atoms with Crippen LogP contribution in [0, 0.1) is 11.2 Å². The maximum atomic E-state index is 12.9. The average molecular weight is 272 g/mol. The summed E-state index contributed by atoms with van der Waals surface area (Å²) in [6.07, 6.45) is 0.983. The monoisotopic (exact) mass is 271 g/mol. The van der Waals surface area contributed by atoms with E-state index in [9.17, 15) is 4.39 Å². The van der Waals surface area contributed by atoms with Gasteiger partial charge in [-0.3, -0.25) is 0 Å². The van der Waals surface area contributed by atoms with Gasteiger partial charge in [-0.05, 0) is 35.4 Å². The zero-order valence-corrected chi connectivity index (χ0v) is 10.5. The highest BCUT2D eigenvalue weighted by Gasteiger charge is 2.47. The lowest BCUT2D eigenvalue weighted by molar-refractivity contribution is 0.0978. The van der Waals surface area contributed by atoms with E-state index in [0.717, 1.165) is 10.9 Å². The molecule has 2 atom stereocenters. The fourth-order valence-electron chi connectivity index (χ4n) is 2.27. The van der Waals surface area contributed by atoms with Gasteiger partial charge in [-0.1, -0.05) is 35.8 Å². The SMILES string of the molecule is CC1(C)C(N)CC1c1ccc(F)cc1Br. The summed E-state index contributed by atoms with van der Waals surface area (Å²) in [7, 11) is 0. The van der Waals surface area contributed by atoms with Gasteiger partial charge in [0.2, 0.25) is 0 Å². The molecule has 1 aromatic carbocycles. The van der Waals surface area contributed by atoms with E-state index >= 15 is 0 Å². The normalized spacial score (nSPS) is 28.6. The summed E-state index contributed by atoms with van der Waals surface area (Å²) in [5, 5.41) is 0. The van der Waals surface area contributed by atoms with Crippen LogP contribution >= 0.6 is 15.9 Å². The molecule has 1 aliphatic rings. The number of nitrogens with two attached hydrogens (primary N) is 1. The maximum Gasteiger partial charge on any atom is 0.124 e. The van der Waals surface area contributed by atoms with Crippen LogP contribution in [-0.4, -0.2) is 6.04 Å². The summed E-state index contributed by atoms with van der Waals surface area (Å²) >= 11 is 3.41. The Balaban J connectivity index is 2.32. The standard InChI is InChI=1S/C12H15BrFN/c1-12(2)9(6-11(12)15)8-4-3-7(14)5-10(8)13/h3-5,9,11H,6,15H2,1-2H3. The van der Waals surface area contributed by atoms with Crippen molar-refractivity contribution >= 4 is 15.9 Å². The van der Waals surface area contributed by atoms with Crippen LogP contribution in [0.15, 0.2) is 22.7 Å². The minimum atomic E-state index is -0.202. The molecule has 0 bridgehead atoms. The highest BCUT2D eigenvalue weighted by atomic mass is 79.9. The van der Waals surface area contributed by atoms with Crippen LogP contribution in [0.4, 0.5) is 4.39 Å². The predicted octanol–water partition coefficient (Wildman–Crippen LogP) is 3.43. The van der Waals surface area contributed by atoms with Crippen LogP contribution in [0.2, 0.25) is 0 Å². The molecule has 0 aliphatic heterocycles. The summed E-state index contributed by atoms with van der Waals surface area (Å²) in [5.74, 6) is 0.231. The van der Waals surface area contributed by atoms with Crippen LogP contribution < -0.4 is 5.73 Å². The quantitative estimate of drug-likeness (QED) is 0.832. The Hall–Kier alpha value is -0.410. The predicted molar refractivity (Wildman–Crippen MR) is 63.2 cm³/mol. The average Bonchev–Trinajstić information content (AvgIpc) is 2.15. The van der Waals surface area contributed by atoms with E-state index in [1.54, 1.807) is 0 Å². The van der Waals surface area contributed by atoms with Crippen molar-refractivity contribution in [1.29, 1.82) is 0 Å². The molecular weight excluding hydrogens is 257 g/mol. The molecule has 0 saturated heterocycles. The molecule has 1 nitrogen and oxygen atoms in total. The topological polar surface area (TPSA) is 26.0 Å². The van der Waals surface area contributed by atoms with Crippen LogP contribution in [0.1, 0.15) is 31.7 Å². The van der Waals surface area contributed by atoms with Crippen molar-refractivity contribution in [2.75, 3.05) is 0 Å². The van der Waals surface area contributed by atoms with Gasteiger partial charge in [0, 0.05) is 10.5 Å². The fraction of sp³-hybridized carbons (Fsp3) is 0.500. The molecule has 2 unspecified atom stereocenters. The summed E-state index contributed by atoms with van der Waals surface area (Å²) < 4.78 is 13.8. The Morgan fingerprint density at radius 2 is 2.13 bits per heavy atom. The van der Waals surface area contributed by atoms with E-state index in [4.69, 9.17) is 5.73 Å². The molecular formula is C12H15BrFN. The smallest absolute Gasteiger partial charge is 0.124 e. The molecule has 2 rings (SSSR count). The first kappa shape index (κ1) is 11.1. The molecule has 15 heavy (non-hydrogen) atoms. The van der Waals surface area contributed by atoms with Gasteiger partial charge < -0.3 is 5.73 Å². The Labute approximate surface area is 98.0 Å². The van der Waals surface area contributed by atoms with Crippen molar-refractivity contribution in [3.8, 4) is 0 Å². The number of halogens is 2. The van der Waals surface area contributed by atoms with Crippen molar-refractivity contribution in [2.24, 2.45) is 11.1 Å². The van der Waals surface area contributed by atoms with E-state index in [-0.39, 0.29) is 17.3 Å². The highest BCUT2D eigenvalue weighted by Crippen LogP contribution is 2.52. The van der Waals surface area contributed by atoms with E-state index in [0.29, 0.717) is 5.92 Å². The largest absolute Gasteiger partial charge is 0.327 e. The molecule has 0 amide bonds. The Morgan fingerprint density at radius 1 is 1.47 bits per heavy atom. The summed E-state index contributed by atoms with van der Waals surface area (Å²) in [5.41, 5.74) is 7.26. The van der Waals surface area contributed by atoms with Gasteiger partial charge in [-0.2, -0.15) is 0 Å². The summed E-state index contributed by atoms with van der Waals surface area (Å²) in [6.45, 7) is 4.34. The van der Waals surface area contributed by atoms with Crippen LogP contribution in [0.5, 0.6) is 0 Å². The van der Waals surface area contributed by atoms with E-state index in [2.05, 4.69) is 29.8 Å². The third-order valence-corrected chi connectivity index (χ3v) is 4.37. The Bertz CT molecular complexity index is 389. The van der Waals surface area contributed by atoms with E-state index in [1.165, 1.54) is 17.7 Å². The van der Waals surface area contributed by atoms with Gasteiger partial charge >= 0.3 is 0 Å². The number of benzene rings is 1. The van der Waals surface area contributed by atoms with Gasteiger partial charge in [0.25, 0.3) is 0 Å². The van der Waals surface area contributed by atoms with Gasteiger partial charge in [0.1, 0.15) is 5.82 Å². The van der Waals surface area contributed by atoms with E-state index < -0.39 is 0 Å². The molecule has 1 aromatic rings. The minimum Gasteiger partial charge on any atom is -0.327 e. The third-order valence-electron chi connectivity index (χ3n) is 3.68. The van der Waals surface area contributed by atoms with Crippen LogP contribution in [0.25, 0.3) is 0 Å². The van der Waals surface area contributed by atoms with Crippen LogP contribution in [0.3, 0.4) is 0 Å². The molecule has 1 fully saturated rings. The molecule has 82 valence electrons. The molecule has 0 radical (unpaired) electrons. The van der Waals surface area contributed by atoms with Gasteiger partial charge in [0.05, 0.1) is 0 Å². The van der Waals surface area contributed by atoms with Crippen LogP contribution in [-0.2, 0) is 0 Å². The molecule has 3 heteroatoms. The van der Waals surface area contributed by atoms with Crippen molar-refractivity contribution in [2.45, 2.75) is 32.2 Å².